The monoisotopic (exact) mass is 461 g/mol. The third-order valence-electron chi connectivity index (χ3n) is 5.93. The summed E-state index contributed by atoms with van der Waals surface area (Å²) in [6.45, 7) is 3.14. The first-order valence-corrected chi connectivity index (χ1v) is 10.5. The lowest BCUT2D eigenvalue weighted by atomic mass is 9.85. The number of amides is 2. The molecular formula is C21H20ClN3O7. The minimum atomic E-state index is -1.12. The van der Waals surface area contributed by atoms with Gasteiger partial charge in [-0.3, -0.25) is 19.7 Å². The molecule has 0 N–H and O–H groups in total. The molecule has 0 aromatic heterocycles. The van der Waals surface area contributed by atoms with Crippen LogP contribution in [0.5, 0.6) is 5.75 Å². The molecule has 0 unspecified atom stereocenters. The van der Waals surface area contributed by atoms with Crippen LogP contribution in [0.1, 0.15) is 25.8 Å². The van der Waals surface area contributed by atoms with E-state index in [4.69, 9.17) is 21.1 Å². The van der Waals surface area contributed by atoms with Crippen LogP contribution in [-0.2, 0) is 19.1 Å². The predicted octanol–water partition coefficient (Wildman–Crippen LogP) is 2.72. The smallest absolute Gasteiger partial charge is 0.347 e. The molecule has 4 rings (SSSR count). The van der Waals surface area contributed by atoms with E-state index < -0.39 is 34.5 Å². The SMILES string of the molecule is CCOC(=O)[C@@H](C)Oc1c(Cl)cc(C=NN2C(=O)[C@@H]3[C@H](C2=O)[C@H]2C=C[C@H]3C2)cc1[N+](=O)[O-]. The third-order valence-corrected chi connectivity index (χ3v) is 6.21. The zero-order chi connectivity index (χ0) is 23.2. The molecule has 1 aliphatic heterocycles. The Bertz CT molecular complexity index is 1040. The highest BCUT2D eigenvalue weighted by molar-refractivity contribution is 6.32. The van der Waals surface area contributed by atoms with Gasteiger partial charge in [-0.25, -0.2) is 4.79 Å². The minimum Gasteiger partial charge on any atom is -0.471 e. The summed E-state index contributed by atoms with van der Waals surface area (Å²) in [5.74, 6) is -2.40. The Morgan fingerprint density at radius 2 is 1.94 bits per heavy atom. The van der Waals surface area contributed by atoms with Crippen LogP contribution in [0.4, 0.5) is 5.69 Å². The predicted molar refractivity (Wildman–Crippen MR) is 112 cm³/mol. The van der Waals surface area contributed by atoms with E-state index in [0.717, 1.165) is 17.5 Å². The fourth-order valence-corrected chi connectivity index (χ4v) is 4.80. The molecule has 0 radical (unpaired) electrons. The van der Waals surface area contributed by atoms with E-state index in [1.54, 1.807) is 6.92 Å². The molecule has 10 nitrogen and oxygen atoms in total. The zero-order valence-electron chi connectivity index (χ0n) is 17.3. The molecule has 0 spiro atoms. The Kier molecular flexibility index (Phi) is 5.72. The van der Waals surface area contributed by atoms with Crippen molar-refractivity contribution in [3.63, 3.8) is 0 Å². The molecule has 11 heteroatoms. The quantitative estimate of drug-likeness (QED) is 0.152. The van der Waals surface area contributed by atoms with Gasteiger partial charge in [-0.15, -0.1) is 0 Å². The summed E-state index contributed by atoms with van der Waals surface area (Å²) in [6, 6.07) is 2.47. The normalized spacial score (nSPS) is 26.7. The maximum absolute atomic E-state index is 12.7. The van der Waals surface area contributed by atoms with Gasteiger partial charge in [0.1, 0.15) is 0 Å². The Balaban J connectivity index is 1.56. The van der Waals surface area contributed by atoms with Crippen LogP contribution in [-0.4, -0.2) is 46.6 Å². The van der Waals surface area contributed by atoms with Crippen molar-refractivity contribution < 1.29 is 28.8 Å². The van der Waals surface area contributed by atoms with Gasteiger partial charge < -0.3 is 9.47 Å². The second-order valence-corrected chi connectivity index (χ2v) is 8.26. The summed E-state index contributed by atoms with van der Waals surface area (Å²) < 4.78 is 10.2. The molecule has 2 fully saturated rings. The van der Waals surface area contributed by atoms with Crippen molar-refractivity contribution >= 4 is 41.3 Å². The van der Waals surface area contributed by atoms with E-state index in [9.17, 15) is 24.5 Å². The van der Waals surface area contributed by atoms with E-state index in [2.05, 4.69) is 5.10 Å². The van der Waals surface area contributed by atoms with Gasteiger partial charge in [-0.2, -0.15) is 10.1 Å². The Labute approximate surface area is 187 Å². The summed E-state index contributed by atoms with van der Waals surface area (Å²) in [4.78, 5) is 48.0. The Morgan fingerprint density at radius 3 is 2.50 bits per heavy atom. The standard InChI is InChI=1S/C21H20ClN3O7/c1-3-31-21(28)10(2)32-18-14(22)6-11(7-15(18)25(29)30)9-23-24-19(26)16-12-4-5-13(8-12)17(16)20(24)27/h4-7,9-10,12-13,16-17H,3,8H2,1-2H3/t10-,12+,13+,16-,17+/m1/s1. The average molecular weight is 462 g/mol. The average Bonchev–Trinajstić information content (AvgIpc) is 3.42. The van der Waals surface area contributed by atoms with Crippen molar-refractivity contribution in [1.82, 2.24) is 5.01 Å². The number of benzene rings is 1. The molecule has 3 aliphatic rings. The molecule has 2 amide bonds. The lowest BCUT2D eigenvalue weighted by Crippen LogP contribution is -2.28. The number of esters is 1. The number of hydrazone groups is 1. The van der Waals surface area contributed by atoms with Crippen molar-refractivity contribution in [3.05, 3.63) is 45.0 Å². The highest BCUT2D eigenvalue weighted by Crippen LogP contribution is 2.52. The summed E-state index contributed by atoms with van der Waals surface area (Å²) in [7, 11) is 0. The number of hydrogen-bond donors (Lipinski definition) is 0. The number of allylic oxidation sites excluding steroid dienone is 2. The summed E-state index contributed by atoms with van der Waals surface area (Å²) in [5, 5.41) is 16.3. The number of nitro groups is 1. The van der Waals surface area contributed by atoms with Gasteiger partial charge in [0.25, 0.3) is 11.8 Å². The number of nitro benzene ring substituents is 1. The van der Waals surface area contributed by atoms with Gasteiger partial charge in [0.15, 0.2) is 6.10 Å². The van der Waals surface area contributed by atoms with E-state index >= 15 is 0 Å². The molecule has 2 aliphatic carbocycles. The van der Waals surface area contributed by atoms with E-state index in [-0.39, 0.29) is 46.6 Å². The second-order valence-electron chi connectivity index (χ2n) is 7.85. The molecule has 2 bridgehead atoms. The largest absolute Gasteiger partial charge is 0.471 e. The number of hydrogen-bond acceptors (Lipinski definition) is 8. The highest BCUT2D eigenvalue weighted by Gasteiger charge is 2.59. The van der Waals surface area contributed by atoms with Crippen LogP contribution in [0, 0.1) is 33.8 Å². The maximum atomic E-state index is 12.7. The van der Waals surface area contributed by atoms with Crippen LogP contribution in [0.2, 0.25) is 5.02 Å². The molecule has 5 atom stereocenters. The first-order chi connectivity index (χ1) is 15.2. The van der Waals surface area contributed by atoms with E-state index in [1.807, 2.05) is 12.2 Å². The van der Waals surface area contributed by atoms with Crippen LogP contribution < -0.4 is 4.74 Å². The topological polar surface area (TPSA) is 128 Å². The van der Waals surface area contributed by atoms with Crippen LogP contribution in [0.3, 0.4) is 0 Å². The van der Waals surface area contributed by atoms with Gasteiger partial charge in [0, 0.05) is 11.6 Å². The zero-order valence-corrected chi connectivity index (χ0v) is 18.0. The number of ether oxygens (including phenoxy) is 2. The number of halogens is 1. The third kappa shape index (κ3) is 3.64. The van der Waals surface area contributed by atoms with Crippen molar-refractivity contribution in [2.45, 2.75) is 26.4 Å². The molecule has 1 aromatic rings. The van der Waals surface area contributed by atoms with Crippen LogP contribution >= 0.6 is 11.6 Å². The number of rotatable bonds is 7. The molecule has 168 valence electrons. The molecule has 1 saturated heterocycles. The Hall–Kier alpha value is -3.27. The van der Waals surface area contributed by atoms with Crippen molar-refractivity contribution in [2.75, 3.05) is 6.61 Å². The van der Waals surface area contributed by atoms with Crippen molar-refractivity contribution in [3.8, 4) is 5.75 Å². The van der Waals surface area contributed by atoms with Gasteiger partial charge in [0.2, 0.25) is 5.75 Å². The number of carbonyl (C=O) groups is 3. The van der Waals surface area contributed by atoms with Gasteiger partial charge in [0.05, 0.1) is 34.6 Å². The van der Waals surface area contributed by atoms with Gasteiger partial charge in [-0.05, 0) is 38.2 Å². The number of imide groups is 1. The first-order valence-electron chi connectivity index (χ1n) is 10.1. The second kappa shape index (κ2) is 8.34. The summed E-state index contributed by atoms with van der Waals surface area (Å²) >= 11 is 6.18. The van der Waals surface area contributed by atoms with E-state index in [0.29, 0.717) is 0 Å². The van der Waals surface area contributed by atoms with Crippen LogP contribution in [0.25, 0.3) is 0 Å². The molecular weight excluding hydrogens is 442 g/mol. The summed E-state index contributed by atoms with van der Waals surface area (Å²) in [6.07, 6.45) is 4.81. The lowest BCUT2D eigenvalue weighted by molar-refractivity contribution is -0.386. The number of fused-ring (bicyclic) bond motifs is 5. The minimum absolute atomic E-state index is 0.0509. The highest BCUT2D eigenvalue weighted by atomic mass is 35.5. The van der Waals surface area contributed by atoms with Crippen molar-refractivity contribution in [2.24, 2.45) is 28.8 Å². The number of carbonyl (C=O) groups excluding carboxylic acids is 3. The van der Waals surface area contributed by atoms with Crippen LogP contribution in [0.15, 0.2) is 29.4 Å². The molecule has 32 heavy (non-hydrogen) atoms. The van der Waals surface area contributed by atoms with Gasteiger partial charge >= 0.3 is 11.7 Å². The molecule has 1 saturated carbocycles. The van der Waals surface area contributed by atoms with Gasteiger partial charge in [-0.1, -0.05) is 23.8 Å². The number of nitrogens with zero attached hydrogens (tertiary/aromatic N) is 3. The Morgan fingerprint density at radius 1 is 1.31 bits per heavy atom. The maximum Gasteiger partial charge on any atom is 0.347 e. The molecule has 1 heterocycles. The first kappa shape index (κ1) is 21.9. The fraction of sp³-hybridized carbons (Fsp3) is 0.429. The summed E-state index contributed by atoms with van der Waals surface area (Å²) in [5.41, 5.74) is -0.301. The lowest BCUT2D eigenvalue weighted by Gasteiger charge is -2.15. The van der Waals surface area contributed by atoms with E-state index in [1.165, 1.54) is 19.2 Å². The molecule has 1 aromatic carbocycles. The van der Waals surface area contributed by atoms with Crippen molar-refractivity contribution in [1.29, 1.82) is 0 Å². The fourth-order valence-electron chi connectivity index (χ4n) is 4.54.